The van der Waals surface area contributed by atoms with Crippen LogP contribution in [0.25, 0.3) is 0 Å². The molecule has 0 aromatic carbocycles. The number of rotatable bonds is 6. The van der Waals surface area contributed by atoms with Crippen LogP contribution in [0.4, 0.5) is 13.2 Å². The number of amides is 2. The van der Waals surface area contributed by atoms with Gasteiger partial charge in [0.2, 0.25) is 11.8 Å². The van der Waals surface area contributed by atoms with Gasteiger partial charge in [-0.15, -0.1) is 0 Å². The van der Waals surface area contributed by atoms with E-state index < -0.39 is 30.1 Å². The summed E-state index contributed by atoms with van der Waals surface area (Å²) in [6.07, 6.45) is -3.21. The fourth-order valence-electron chi connectivity index (χ4n) is 2.51. The van der Waals surface area contributed by atoms with Crippen molar-refractivity contribution in [1.29, 1.82) is 0 Å². The first-order chi connectivity index (χ1) is 9.69. The van der Waals surface area contributed by atoms with Crippen molar-refractivity contribution in [2.75, 3.05) is 19.6 Å². The van der Waals surface area contributed by atoms with Crippen molar-refractivity contribution in [2.45, 2.75) is 45.3 Å². The fourth-order valence-corrected chi connectivity index (χ4v) is 2.51. The molecule has 1 heterocycles. The summed E-state index contributed by atoms with van der Waals surface area (Å²) < 4.78 is 37.0. The van der Waals surface area contributed by atoms with E-state index in [0.29, 0.717) is 12.8 Å². The van der Waals surface area contributed by atoms with Crippen LogP contribution in [0.1, 0.15) is 33.1 Å². The molecule has 1 saturated heterocycles. The predicted molar refractivity (Wildman–Crippen MR) is 71.3 cm³/mol. The number of nitrogens with two attached hydrogens (primary N) is 1. The van der Waals surface area contributed by atoms with Crippen LogP contribution in [0.5, 0.6) is 0 Å². The maximum Gasteiger partial charge on any atom is 0.406 e. The van der Waals surface area contributed by atoms with Gasteiger partial charge in [-0.3, -0.25) is 9.59 Å². The number of likely N-dealkylation sites (tertiary alicyclic amines) is 1. The minimum atomic E-state index is -4.43. The van der Waals surface area contributed by atoms with E-state index in [1.165, 1.54) is 0 Å². The molecule has 1 fully saturated rings. The highest BCUT2D eigenvalue weighted by Gasteiger charge is 2.42. The number of carbonyl (C=O) groups excluding carboxylic acids is 2. The van der Waals surface area contributed by atoms with E-state index in [2.05, 4.69) is 5.32 Å². The highest BCUT2D eigenvalue weighted by atomic mass is 19.4. The molecule has 0 saturated carbocycles. The summed E-state index contributed by atoms with van der Waals surface area (Å²) in [5.74, 6) is -1.04. The highest BCUT2D eigenvalue weighted by Crippen LogP contribution is 2.26. The zero-order valence-electron chi connectivity index (χ0n) is 12.3. The van der Waals surface area contributed by atoms with Crippen molar-refractivity contribution < 1.29 is 22.8 Å². The van der Waals surface area contributed by atoms with Gasteiger partial charge >= 0.3 is 6.18 Å². The first kappa shape index (κ1) is 17.7. The summed E-state index contributed by atoms with van der Waals surface area (Å²) in [6.45, 7) is 2.50. The van der Waals surface area contributed by atoms with E-state index in [-0.39, 0.29) is 25.4 Å². The lowest BCUT2D eigenvalue weighted by Gasteiger charge is -2.29. The van der Waals surface area contributed by atoms with Gasteiger partial charge in [-0.05, 0) is 19.3 Å². The van der Waals surface area contributed by atoms with Crippen LogP contribution >= 0.6 is 0 Å². The topological polar surface area (TPSA) is 75.4 Å². The van der Waals surface area contributed by atoms with Gasteiger partial charge < -0.3 is 16.0 Å². The van der Waals surface area contributed by atoms with Crippen molar-refractivity contribution in [3.05, 3.63) is 0 Å². The van der Waals surface area contributed by atoms with Crippen molar-refractivity contribution in [3.63, 3.8) is 0 Å². The SMILES string of the molecule is CCC(CC)(CN)C(=O)NC1CCN(CC(F)(F)F)C1=O. The van der Waals surface area contributed by atoms with Crippen molar-refractivity contribution in [2.24, 2.45) is 11.1 Å². The number of nitrogens with one attached hydrogen (secondary N) is 1. The lowest BCUT2D eigenvalue weighted by molar-refractivity contribution is -0.158. The van der Waals surface area contributed by atoms with Crippen LogP contribution in [0.2, 0.25) is 0 Å². The Balaban J connectivity index is 2.69. The van der Waals surface area contributed by atoms with E-state index in [4.69, 9.17) is 5.73 Å². The maximum atomic E-state index is 12.3. The summed E-state index contributed by atoms with van der Waals surface area (Å²) in [4.78, 5) is 24.9. The largest absolute Gasteiger partial charge is 0.406 e. The van der Waals surface area contributed by atoms with Crippen LogP contribution in [-0.2, 0) is 9.59 Å². The number of hydrogen-bond donors (Lipinski definition) is 2. The lowest BCUT2D eigenvalue weighted by Crippen LogP contribution is -2.51. The van der Waals surface area contributed by atoms with Crippen LogP contribution < -0.4 is 11.1 Å². The smallest absolute Gasteiger partial charge is 0.344 e. The van der Waals surface area contributed by atoms with Gasteiger partial charge in [-0.25, -0.2) is 0 Å². The lowest BCUT2D eigenvalue weighted by atomic mass is 9.81. The Morgan fingerprint density at radius 2 is 1.95 bits per heavy atom. The normalized spacial score (nSPS) is 20.0. The number of halogens is 3. The van der Waals surface area contributed by atoms with Crippen molar-refractivity contribution >= 4 is 11.8 Å². The first-order valence-electron chi connectivity index (χ1n) is 7.05. The molecule has 1 unspecified atom stereocenters. The highest BCUT2D eigenvalue weighted by molar-refractivity contribution is 5.91. The summed E-state index contributed by atoms with van der Waals surface area (Å²) in [5, 5.41) is 2.56. The van der Waals surface area contributed by atoms with Gasteiger partial charge in [0.25, 0.3) is 0 Å². The molecule has 8 heteroatoms. The second-order valence-electron chi connectivity index (χ2n) is 5.38. The molecular formula is C13H22F3N3O2. The summed E-state index contributed by atoms with van der Waals surface area (Å²) in [5.41, 5.74) is 4.88. The number of hydrogen-bond acceptors (Lipinski definition) is 3. The quantitative estimate of drug-likeness (QED) is 0.769. The molecule has 122 valence electrons. The van der Waals surface area contributed by atoms with Gasteiger partial charge in [0.15, 0.2) is 0 Å². The van der Waals surface area contributed by atoms with Gasteiger partial charge in [0.05, 0.1) is 5.41 Å². The second kappa shape index (κ2) is 6.64. The Morgan fingerprint density at radius 3 is 2.38 bits per heavy atom. The Hall–Kier alpha value is -1.31. The second-order valence-corrected chi connectivity index (χ2v) is 5.38. The Kier molecular flexibility index (Phi) is 5.61. The van der Waals surface area contributed by atoms with E-state index in [9.17, 15) is 22.8 Å². The molecule has 1 rings (SSSR count). The third-order valence-corrected chi connectivity index (χ3v) is 4.20. The first-order valence-corrected chi connectivity index (χ1v) is 7.05. The zero-order chi connectivity index (χ0) is 16.3. The van der Waals surface area contributed by atoms with Gasteiger partial charge in [0.1, 0.15) is 12.6 Å². The molecule has 5 nitrogen and oxygen atoms in total. The summed E-state index contributed by atoms with van der Waals surface area (Å²) in [7, 11) is 0. The third kappa shape index (κ3) is 4.09. The van der Waals surface area contributed by atoms with Crippen LogP contribution in [-0.4, -0.2) is 48.6 Å². The number of carbonyl (C=O) groups is 2. The molecule has 0 aromatic rings. The molecule has 21 heavy (non-hydrogen) atoms. The minimum absolute atomic E-state index is 0.00281. The maximum absolute atomic E-state index is 12.3. The Bertz CT molecular complexity index is 386. The fraction of sp³-hybridized carbons (Fsp3) is 0.846. The standard InChI is InChI=1S/C13H22F3N3O2/c1-3-12(4-2,7-17)11(21)18-9-5-6-19(10(9)20)8-13(14,15)16/h9H,3-8,17H2,1-2H3,(H,18,21). The number of nitrogens with zero attached hydrogens (tertiary/aromatic N) is 1. The van der Waals surface area contributed by atoms with Crippen LogP contribution in [0.3, 0.4) is 0 Å². The van der Waals surface area contributed by atoms with Gasteiger partial charge in [-0.2, -0.15) is 13.2 Å². The molecule has 3 N–H and O–H groups in total. The van der Waals surface area contributed by atoms with E-state index in [0.717, 1.165) is 4.90 Å². The Morgan fingerprint density at radius 1 is 1.38 bits per heavy atom. The van der Waals surface area contributed by atoms with Crippen LogP contribution in [0.15, 0.2) is 0 Å². The van der Waals surface area contributed by atoms with Gasteiger partial charge in [0, 0.05) is 13.1 Å². The molecular weight excluding hydrogens is 287 g/mol. The average molecular weight is 309 g/mol. The van der Waals surface area contributed by atoms with E-state index >= 15 is 0 Å². The molecule has 1 aliphatic rings. The van der Waals surface area contributed by atoms with Crippen molar-refractivity contribution in [3.8, 4) is 0 Å². The molecule has 1 atom stereocenters. The molecule has 0 radical (unpaired) electrons. The molecule has 0 aliphatic carbocycles. The molecule has 2 amide bonds. The predicted octanol–water partition coefficient (Wildman–Crippen LogP) is 1.03. The third-order valence-electron chi connectivity index (χ3n) is 4.20. The summed E-state index contributed by atoms with van der Waals surface area (Å²) >= 11 is 0. The molecule has 1 aliphatic heterocycles. The van der Waals surface area contributed by atoms with Gasteiger partial charge in [-0.1, -0.05) is 13.8 Å². The monoisotopic (exact) mass is 309 g/mol. The zero-order valence-corrected chi connectivity index (χ0v) is 12.3. The summed E-state index contributed by atoms with van der Waals surface area (Å²) in [6, 6.07) is -0.885. The Labute approximate surface area is 122 Å². The average Bonchev–Trinajstić information content (AvgIpc) is 2.72. The minimum Gasteiger partial charge on any atom is -0.344 e. The molecule has 0 spiro atoms. The van der Waals surface area contributed by atoms with Crippen LogP contribution in [0, 0.1) is 5.41 Å². The molecule has 0 bridgehead atoms. The number of alkyl halides is 3. The van der Waals surface area contributed by atoms with E-state index in [1.54, 1.807) is 0 Å². The molecule has 0 aromatic heterocycles. The van der Waals surface area contributed by atoms with E-state index in [1.807, 2.05) is 13.8 Å². The van der Waals surface area contributed by atoms with Crippen molar-refractivity contribution in [1.82, 2.24) is 10.2 Å².